The summed E-state index contributed by atoms with van der Waals surface area (Å²) in [6, 6.07) is 18.7. The monoisotopic (exact) mass is 516 g/mol. The molecule has 0 aliphatic rings. The van der Waals surface area contributed by atoms with E-state index >= 15 is 0 Å². The molecule has 0 atom stereocenters. The van der Waals surface area contributed by atoms with Crippen molar-refractivity contribution in [2.45, 2.75) is 19.4 Å². The molecule has 35 heavy (non-hydrogen) atoms. The number of hydrogen-bond donors (Lipinski definition) is 3. The SMILES string of the molecule is CS(=O)(=O)NCc1cc(CC(=O)O)ccc1Oc1ccc(C(=O)NCCc2ccc(Cl)cc2)cc1. The number of ether oxygens (including phenoxy) is 1. The fraction of sp³-hybridized carbons (Fsp3) is 0.200. The Morgan fingerprint density at radius 1 is 0.971 bits per heavy atom. The summed E-state index contributed by atoms with van der Waals surface area (Å²) in [5, 5.41) is 12.6. The van der Waals surface area contributed by atoms with Gasteiger partial charge in [0.15, 0.2) is 0 Å². The van der Waals surface area contributed by atoms with Gasteiger partial charge in [-0.05, 0) is 60.0 Å². The van der Waals surface area contributed by atoms with Crippen LogP contribution in [0.5, 0.6) is 11.5 Å². The molecule has 0 aliphatic heterocycles. The topological polar surface area (TPSA) is 122 Å². The molecule has 0 aromatic heterocycles. The van der Waals surface area contributed by atoms with Crippen LogP contribution in [-0.2, 0) is 34.2 Å². The van der Waals surface area contributed by atoms with Crippen LogP contribution >= 0.6 is 11.6 Å². The van der Waals surface area contributed by atoms with Gasteiger partial charge < -0.3 is 15.2 Å². The maximum absolute atomic E-state index is 12.4. The second-order valence-electron chi connectivity index (χ2n) is 7.86. The molecule has 0 spiro atoms. The lowest BCUT2D eigenvalue weighted by Gasteiger charge is -2.13. The molecule has 0 aliphatic carbocycles. The lowest BCUT2D eigenvalue weighted by atomic mass is 10.1. The fourth-order valence-electron chi connectivity index (χ4n) is 3.24. The van der Waals surface area contributed by atoms with Crippen molar-refractivity contribution in [2.24, 2.45) is 0 Å². The number of sulfonamides is 1. The zero-order valence-electron chi connectivity index (χ0n) is 19.0. The smallest absolute Gasteiger partial charge is 0.307 e. The van der Waals surface area contributed by atoms with E-state index in [0.717, 1.165) is 11.8 Å². The highest BCUT2D eigenvalue weighted by atomic mass is 35.5. The number of aliphatic carboxylic acids is 1. The Balaban J connectivity index is 1.64. The molecule has 0 saturated heterocycles. The number of hydrogen-bond acceptors (Lipinski definition) is 5. The van der Waals surface area contributed by atoms with E-state index in [1.807, 2.05) is 12.1 Å². The summed E-state index contributed by atoms with van der Waals surface area (Å²) in [4.78, 5) is 23.5. The maximum Gasteiger partial charge on any atom is 0.307 e. The molecule has 0 radical (unpaired) electrons. The summed E-state index contributed by atoms with van der Waals surface area (Å²) in [7, 11) is -3.46. The quantitative estimate of drug-likeness (QED) is 0.356. The molecule has 0 unspecified atom stereocenters. The predicted molar refractivity (Wildman–Crippen MR) is 133 cm³/mol. The first-order valence-electron chi connectivity index (χ1n) is 10.7. The maximum atomic E-state index is 12.4. The Kier molecular flexibility index (Phi) is 8.86. The number of nitrogens with one attached hydrogen (secondary N) is 2. The van der Waals surface area contributed by atoms with Gasteiger partial charge in [-0.3, -0.25) is 9.59 Å². The third-order valence-corrected chi connectivity index (χ3v) is 5.88. The molecule has 8 nitrogen and oxygen atoms in total. The van der Waals surface area contributed by atoms with E-state index in [1.54, 1.807) is 54.6 Å². The first-order valence-corrected chi connectivity index (χ1v) is 12.9. The van der Waals surface area contributed by atoms with Crippen molar-refractivity contribution in [3.05, 3.63) is 94.0 Å². The van der Waals surface area contributed by atoms with Gasteiger partial charge in [0.1, 0.15) is 11.5 Å². The number of amides is 1. The summed E-state index contributed by atoms with van der Waals surface area (Å²) in [6.45, 7) is 0.411. The Morgan fingerprint density at radius 3 is 2.26 bits per heavy atom. The molecule has 3 N–H and O–H groups in total. The minimum absolute atomic E-state index is 0.0598. The molecule has 3 aromatic rings. The van der Waals surface area contributed by atoms with Crippen LogP contribution in [0.1, 0.15) is 27.0 Å². The van der Waals surface area contributed by atoms with E-state index in [-0.39, 0.29) is 18.9 Å². The second kappa shape index (κ2) is 11.8. The van der Waals surface area contributed by atoms with Crippen LogP contribution in [0.3, 0.4) is 0 Å². The van der Waals surface area contributed by atoms with Crippen LogP contribution in [0, 0.1) is 0 Å². The largest absolute Gasteiger partial charge is 0.481 e. The van der Waals surface area contributed by atoms with E-state index in [1.165, 1.54) is 0 Å². The lowest BCUT2D eigenvalue weighted by molar-refractivity contribution is -0.136. The van der Waals surface area contributed by atoms with Crippen LogP contribution in [-0.4, -0.2) is 38.2 Å². The molecule has 3 rings (SSSR count). The molecular weight excluding hydrogens is 492 g/mol. The minimum Gasteiger partial charge on any atom is -0.481 e. The van der Waals surface area contributed by atoms with Crippen molar-refractivity contribution < 1.29 is 27.9 Å². The Bertz CT molecular complexity index is 1290. The molecule has 184 valence electrons. The van der Waals surface area contributed by atoms with Gasteiger partial charge in [-0.15, -0.1) is 0 Å². The highest BCUT2D eigenvalue weighted by Gasteiger charge is 2.12. The number of carboxylic acid groups (broad SMARTS) is 1. The summed E-state index contributed by atoms with van der Waals surface area (Å²) in [5.41, 5.74) is 2.53. The van der Waals surface area contributed by atoms with Crippen molar-refractivity contribution in [3.8, 4) is 11.5 Å². The Morgan fingerprint density at radius 2 is 1.63 bits per heavy atom. The van der Waals surface area contributed by atoms with Gasteiger partial charge in [-0.2, -0.15) is 0 Å². The summed E-state index contributed by atoms with van der Waals surface area (Å²) in [6.07, 6.45) is 1.51. The number of rotatable bonds is 11. The first kappa shape index (κ1) is 26.2. The highest BCUT2D eigenvalue weighted by Crippen LogP contribution is 2.27. The Labute approximate surface area is 208 Å². The third-order valence-electron chi connectivity index (χ3n) is 4.96. The molecule has 0 saturated carbocycles. The van der Waals surface area contributed by atoms with Gasteiger partial charge in [-0.25, -0.2) is 13.1 Å². The van der Waals surface area contributed by atoms with Crippen LogP contribution in [0.25, 0.3) is 0 Å². The van der Waals surface area contributed by atoms with Gasteiger partial charge in [0.05, 0.1) is 12.7 Å². The molecule has 3 aromatic carbocycles. The highest BCUT2D eigenvalue weighted by molar-refractivity contribution is 7.88. The second-order valence-corrected chi connectivity index (χ2v) is 10.1. The Hall–Kier alpha value is -3.40. The summed E-state index contributed by atoms with van der Waals surface area (Å²) >= 11 is 5.88. The van der Waals surface area contributed by atoms with Crippen LogP contribution in [0.15, 0.2) is 66.7 Å². The molecule has 0 fully saturated rings. The predicted octanol–water partition coefficient (Wildman–Crippen LogP) is 3.78. The van der Waals surface area contributed by atoms with Crippen molar-refractivity contribution in [1.29, 1.82) is 0 Å². The van der Waals surface area contributed by atoms with E-state index in [4.69, 9.17) is 21.4 Å². The molecular formula is C25H25ClN2O6S. The van der Waals surface area contributed by atoms with E-state index < -0.39 is 16.0 Å². The number of carbonyl (C=O) groups is 2. The van der Waals surface area contributed by atoms with E-state index in [2.05, 4.69) is 10.0 Å². The normalized spacial score (nSPS) is 11.1. The van der Waals surface area contributed by atoms with Crippen molar-refractivity contribution in [3.63, 3.8) is 0 Å². The number of carbonyl (C=O) groups excluding carboxylic acids is 1. The molecule has 0 bridgehead atoms. The fourth-order valence-corrected chi connectivity index (χ4v) is 3.78. The van der Waals surface area contributed by atoms with Crippen LogP contribution in [0.4, 0.5) is 0 Å². The van der Waals surface area contributed by atoms with Gasteiger partial charge >= 0.3 is 5.97 Å². The average molecular weight is 517 g/mol. The first-order chi connectivity index (χ1) is 16.6. The summed E-state index contributed by atoms with van der Waals surface area (Å²) < 4.78 is 31.3. The zero-order valence-corrected chi connectivity index (χ0v) is 20.5. The minimum atomic E-state index is -3.46. The third kappa shape index (κ3) is 8.71. The number of benzene rings is 3. The number of halogens is 1. The van der Waals surface area contributed by atoms with Crippen molar-refractivity contribution in [2.75, 3.05) is 12.8 Å². The van der Waals surface area contributed by atoms with Gasteiger partial charge in [0.25, 0.3) is 5.91 Å². The number of carboxylic acids is 1. The van der Waals surface area contributed by atoms with Crippen LogP contribution in [0.2, 0.25) is 5.02 Å². The summed E-state index contributed by atoms with van der Waals surface area (Å²) in [5.74, 6) is -0.408. The van der Waals surface area contributed by atoms with Crippen LogP contribution < -0.4 is 14.8 Å². The van der Waals surface area contributed by atoms with Crippen molar-refractivity contribution in [1.82, 2.24) is 10.0 Å². The zero-order chi connectivity index (χ0) is 25.4. The van der Waals surface area contributed by atoms with E-state index in [0.29, 0.717) is 46.2 Å². The molecule has 1 amide bonds. The van der Waals surface area contributed by atoms with Gasteiger partial charge in [-0.1, -0.05) is 35.9 Å². The average Bonchev–Trinajstić information content (AvgIpc) is 2.80. The van der Waals surface area contributed by atoms with Gasteiger partial charge in [0, 0.05) is 29.2 Å². The molecule has 0 heterocycles. The van der Waals surface area contributed by atoms with Gasteiger partial charge in [0.2, 0.25) is 10.0 Å². The molecule has 10 heteroatoms. The van der Waals surface area contributed by atoms with E-state index in [9.17, 15) is 18.0 Å². The standard InChI is InChI=1S/C25H25ClN2O6S/c1-35(32,33)28-16-20-14-18(15-24(29)30)4-11-23(20)34-22-9-5-19(6-10-22)25(31)27-13-12-17-2-7-21(26)8-3-17/h2-11,14,28H,12-13,15-16H2,1H3,(H,27,31)(H,29,30). The lowest BCUT2D eigenvalue weighted by Crippen LogP contribution is -2.25. The van der Waals surface area contributed by atoms with Crippen molar-refractivity contribution >= 4 is 33.5 Å².